The summed E-state index contributed by atoms with van der Waals surface area (Å²) in [6.45, 7) is 6.38. The molecule has 194 valence electrons. The lowest BCUT2D eigenvalue weighted by molar-refractivity contribution is -0.149. The van der Waals surface area contributed by atoms with Crippen molar-refractivity contribution in [2.24, 2.45) is 34.5 Å². The molecule has 0 amide bonds. The Morgan fingerprint density at radius 3 is 2.53 bits per heavy atom. The van der Waals surface area contributed by atoms with E-state index in [-0.39, 0.29) is 34.6 Å². The second kappa shape index (κ2) is 9.72. The highest BCUT2D eigenvalue weighted by molar-refractivity contribution is 5.93. The first-order valence-corrected chi connectivity index (χ1v) is 13.7. The van der Waals surface area contributed by atoms with Gasteiger partial charge in [-0.05, 0) is 104 Å². The molecular formula is C31H41NO4. The fourth-order valence-electron chi connectivity index (χ4n) is 8.45. The summed E-state index contributed by atoms with van der Waals surface area (Å²) >= 11 is 0. The minimum absolute atomic E-state index is 0.0408. The second-order valence-electron chi connectivity index (χ2n) is 12.0. The fraction of sp³-hybridized carbons (Fsp3) is 0.613. The van der Waals surface area contributed by atoms with Gasteiger partial charge in [0.25, 0.3) is 0 Å². The van der Waals surface area contributed by atoms with Crippen molar-refractivity contribution in [2.75, 3.05) is 12.4 Å². The highest BCUT2D eigenvalue weighted by Gasteiger charge is 2.59. The van der Waals surface area contributed by atoms with Crippen LogP contribution in [-0.2, 0) is 14.3 Å². The normalized spacial score (nSPS) is 37.3. The van der Waals surface area contributed by atoms with Crippen LogP contribution in [0.15, 0.2) is 48.2 Å². The van der Waals surface area contributed by atoms with Crippen molar-refractivity contribution in [1.82, 2.24) is 0 Å². The van der Waals surface area contributed by atoms with Crippen molar-refractivity contribution >= 4 is 17.4 Å². The predicted molar refractivity (Wildman–Crippen MR) is 142 cm³/mol. The number of ether oxygens (including phenoxy) is 2. The van der Waals surface area contributed by atoms with E-state index in [1.165, 1.54) is 18.9 Å². The molecule has 5 rings (SSSR count). The van der Waals surface area contributed by atoms with Crippen LogP contribution >= 0.6 is 0 Å². The van der Waals surface area contributed by atoms with Gasteiger partial charge in [0.1, 0.15) is 11.9 Å². The molecule has 7 atom stereocenters. The summed E-state index contributed by atoms with van der Waals surface area (Å²) in [5.41, 5.74) is 2.75. The molecular weight excluding hydrogens is 450 g/mol. The molecule has 5 heteroatoms. The maximum Gasteiger partial charge on any atom is 0.302 e. The molecule has 0 heterocycles. The summed E-state index contributed by atoms with van der Waals surface area (Å²) < 4.78 is 10.8. The van der Waals surface area contributed by atoms with Crippen LogP contribution in [0, 0.1) is 34.5 Å². The Hall–Kier alpha value is -2.56. The van der Waals surface area contributed by atoms with Gasteiger partial charge in [0.15, 0.2) is 5.78 Å². The standard InChI is InChI=1S/C31H41NO4/c1-20(33)36-24-13-16-30(2)21(19-24)5-10-25-26-11-12-28(31(26,3)17-14-27(25)30)29(34)15-18-32-22-6-8-23(35-4)9-7-22/h5-9,15,18,24-28,32H,10-14,16-17,19H2,1-4H3. The van der Waals surface area contributed by atoms with Crippen LogP contribution in [0.4, 0.5) is 5.69 Å². The van der Waals surface area contributed by atoms with Crippen molar-refractivity contribution in [3.05, 3.63) is 48.2 Å². The van der Waals surface area contributed by atoms with Gasteiger partial charge in [-0.3, -0.25) is 9.59 Å². The van der Waals surface area contributed by atoms with Gasteiger partial charge in [0.05, 0.1) is 7.11 Å². The lowest BCUT2D eigenvalue weighted by atomic mass is 9.47. The van der Waals surface area contributed by atoms with Gasteiger partial charge >= 0.3 is 5.97 Å². The zero-order chi connectivity index (χ0) is 25.5. The van der Waals surface area contributed by atoms with Gasteiger partial charge in [-0.15, -0.1) is 0 Å². The van der Waals surface area contributed by atoms with Gasteiger partial charge in [0, 0.05) is 31.1 Å². The zero-order valence-corrected chi connectivity index (χ0v) is 22.2. The molecule has 1 aromatic carbocycles. The van der Waals surface area contributed by atoms with Crippen molar-refractivity contribution in [3.63, 3.8) is 0 Å². The molecule has 0 spiro atoms. The molecule has 0 aromatic heterocycles. The smallest absolute Gasteiger partial charge is 0.302 e. The van der Waals surface area contributed by atoms with E-state index in [1.54, 1.807) is 19.4 Å². The number of hydrogen-bond donors (Lipinski definition) is 1. The van der Waals surface area contributed by atoms with Gasteiger partial charge in [0.2, 0.25) is 0 Å². The summed E-state index contributed by atoms with van der Waals surface area (Å²) in [5, 5.41) is 3.24. The number of carbonyl (C=O) groups excluding carboxylic acids is 2. The minimum Gasteiger partial charge on any atom is -0.497 e. The van der Waals surface area contributed by atoms with Crippen LogP contribution in [0.5, 0.6) is 5.75 Å². The highest BCUT2D eigenvalue weighted by Crippen LogP contribution is 2.66. The molecule has 0 radical (unpaired) electrons. The van der Waals surface area contributed by atoms with E-state index in [0.717, 1.165) is 56.4 Å². The van der Waals surface area contributed by atoms with E-state index >= 15 is 0 Å². The number of allylic oxidation sites excluding steroid dienone is 2. The molecule has 4 aliphatic rings. The third-order valence-corrected chi connectivity index (χ3v) is 10.3. The van der Waals surface area contributed by atoms with Crippen LogP contribution in [0.3, 0.4) is 0 Å². The van der Waals surface area contributed by atoms with Crippen LogP contribution in [0.1, 0.15) is 72.1 Å². The highest BCUT2D eigenvalue weighted by atomic mass is 16.5. The quantitative estimate of drug-likeness (QED) is 0.272. The fourth-order valence-corrected chi connectivity index (χ4v) is 8.45. The number of ketones is 1. The van der Waals surface area contributed by atoms with Crippen molar-refractivity contribution in [2.45, 2.75) is 78.2 Å². The molecule has 1 aromatic rings. The Morgan fingerprint density at radius 1 is 1.03 bits per heavy atom. The Labute approximate surface area is 215 Å². The Balaban J connectivity index is 1.26. The monoisotopic (exact) mass is 491 g/mol. The van der Waals surface area contributed by atoms with Crippen LogP contribution in [-0.4, -0.2) is 25.0 Å². The van der Waals surface area contributed by atoms with Gasteiger partial charge in [-0.2, -0.15) is 0 Å². The summed E-state index contributed by atoms with van der Waals surface area (Å²) in [6, 6.07) is 7.72. The summed E-state index contributed by atoms with van der Waals surface area (Å²) in [6.07, 6.45) is 14.6. The van der Waals surface area contributed by atoms with Crippen molar-refractivity contribution < 1.29 is 19.1 Å². The van der Waals surface area contributed by atoms with E-state index in [2.05, 4.69) is 25.2 Å². The number of methoxy groups -OCH3 is 1. The number of benzene rings is 1. The topological polar surface area (TPSA) is 64.6 Å². The van der Waals surface area contributed by atoms with Crippen LogP contribution in [0.2, 0.25) is 0 Å². The first kappa shape index (κ1) is 25.1. The van der Waals surface area contributed by atoms with Crippen LogP contribution in [0.25, 0.3) is 0 Å². The van der Waals surface area contributed by atoms with Crippen molar-refractivity contribution in [1.29, 1.82) is 0 Å². The first-order valence-electron chi connectivity index (χ1n) is 13.7. The van der Waals surface area contributed by atoms with Gasteiger partial charge < -0.3 is 14.8 Å². The minimum atomic E-state index is -0.166. The molecule has 36 heavy (non-hydrogen) atoms. The van der Waals surface area contributed by atoms with Crippen LogP contribution < -0.4 is 10.1 Å². The molecule has 1 N–H and O–H groups in total. The number of carbonyl (C=O) groups is 2. The van der Waals surface area contributed by atoms with E-state index < -0.39 is 0 Å². The number of hydrogen-bond acceptors (Lipinski definition) is 5. The Kier molecular flexibility index (Phi) is 6.78. The number of fused-ring (bicyclic) bond motifs is 5. The van der Waals surface area contributed by atoms with E-state index in [1.807, 2.05) is 24.3 Å². The SMILES string of the molecule is COc1ccc(NC=CC(=O)C2CCC3C4CC=C5CC(OC(C)=O)CCC5(C)C4CCC23C)cc1. The number of nitrogens with one attached hydrogen (secondary N) is 1. The van der Waals surface area contributed by atoms with Gasteiger partial charge in [-0.25, -0.2) is 0 Å². The molecule has 3 fully saturated rings. The van der Waals surface area contributed by atoms with Gasteiger partial charge in [-0.1, -0.05) is 25.5 Å². The first-order chi connectivity index (χ1) is 17.2. The summed E-state index contributed by atoms with van der Waals surface area (Å²) in [7, 11) is 1.66. The Bertz CT molecular complexity index is 1060. The van der Waals surface area contributed by atoms with Crippen molar-refractivity contribution in [3.8, 4) is 5.75 Å². The molecule has 7 unspecified atom stereocenters. The molecule has 4 aliphatic carbocycles. The van der Waals surface area contributed by atoms with E-state index in [4.69, 9.17) is 9.47 Å². The molecule has 0 aliphatic heterocycles. The summed E-state index contributed by atoms with van der Waals surface area (Å²) in [4.78, 5) is 24.9. The zero-order valence-electron chi connectivity index (χ0n) is 22.2. The average Bonchev–Trinajstić information content (AvgIpc) is 3.21. The second-order valence-corrected chi connectivity index (χ2v) is 12.0. The lowest BCUT2D eigenvalue weighted by Crippen LogP contribution is -2.51. The maximum absolute atomic E-state index is 13.4. The summed E-state index contributed by atoms with van der Waals surface area (Å²) in [5.74, 6) is 2.96. The number of esters is 1. The van der Waals surface area contributed by atoms with E-state index in [0.29, 0.717) is 17.8 Å². The Morgan fingerprint density at radius 2 is 1.81 bits per heavy atom. The maximum atomic E-state index is 13.4. The number of rotatable bonds is 6. The number of anilines is 1. The largest absolute Gasteiger partial charge is 0.497 e. The predicted octanol–water partition coefficient (Wildman–Crippen LogP) is 6.70. The average molecular weight is 492 g/mol. The third kappa shape index (κ3) is 4.39. The molecule has 0 saturated heterocycles. The van der Waals surface area contributed by atoms with E-state index in [9.17, 15) is 9.59 Å². The third-order valence-electron chi connectivity index (χ3n) is 10.3. The molecule has 0 bridgehead atoms. The lowest BCUT2D eigenvalue weighted by Gasteiger charge is -2.58. The molecule has 3 saturated carbocycles. The molecule has 5 nitrogen and oxygen atoms in total.